The summed E-state index contributed by atoms with van der Waals surface area (Å²) in [5.74, 6) is 0.174. The molecule has 0 amide bonds. The minimum atomic E-state index is -3.31. The van der Waals surface area contributed by atoms with E-state index in [1.54, 1.807) is 26.2 Å². The predicted octanol–water partition coefficient (Wildman–Crippen LogP) is 19.4. The Hall–Kier alpha value is -8.06. The maximum atomic E-state index is 12.3. The molecular formula is C83H118BClN16O9S2Si4. The minimum absolute atomic E-state index is 0.0365. The standard InChI is InChI=1S/C25H32N6O3SSi.C19H36BNO2Si.C18H22N4OSi.C14H18ClN3OSi.C7H10N2O2S/c1-6-35(32,33)31-17-25(18-31,9-10-26)30-12-7-20(16-30)23-21-8-11-29(19-34-13-14-36(3,4)5)24(21)28-15-22(23)27-2;1-14(2)24(15(3)4,16(5)6)21-12-11-17(13-21)20-22-18(7,8)19(9,10)23-20;1-19-16-12-21-18-15(17(16)14-5-7-20-11-14)6-8-22(18)13-23-9-10-24(2,3)4;1-16-12-9-17-14-11(13(12)15)5-6-18(14)10-19-7-8-20(2,3)4;1-3-12(10,11)9-5-7(6-9)4-8-2/h7-8,11-12,15-16H,6,9,13-14,17-19H2,1,3-5H3;11-16H,1-10H3;5-8,11-12,20H,9-10,13H2,2-4H3;5-6,9H,7-8,10H2,2-4H3;4H,3,5-6H2,1H3. The zero-order valence-corrected chi connectivity index (χ0v) is 78.1. The third-order valence-corrected chi connectivity index (χ3v) is 37.8. The highest BCUT2D eigenvalue weighted by Crippen LogP contribution is 2.45. The van der Waals surface area contributed by atoms with Crippen LogP contribution in [0.5, 0.6) is 0 Å². The van der Waals surface area contributed by atoms with Crippen LogP contribution >= 0.6 is 11.6 Å². The quantitative estimate of drug-likeness (QED) is 0.0273. The Balaban J connectivity index is 0.000000188. The van der Waals surface area contributed by atoms with Gasteiger partial charge in [-0.15, -0.1) is 0 Å². The summed E-state index contributed by atoms with van der Waals surface area (Å²) < 4.78 is 90.0. The topological polar surface area (TPSA) is 241 Å². The fourth-order valence-corrected chi connectivity index (χ4v) is 25.9. The molecule has 0 spiro atoms. The minimum Gasteiger partial charge on any atom is -0.399 e. The fourth-order valence-electron chi connectivity index (χ4n) is 14.6. The molecule has 0 bridgehead atoms. The van der Waals surface area contributed by atoms with Crippen molar-refractivity contribution in [1.29, 1.82) is 5.26 Å². The molecule has 12 heterocycles. The Labute approximate surface area is 698 Å². The highest BCUT2D eigenvalue weighted by atomic mass is 35.5. The first kappa shape index (κ1) is 93.4. The van der Waals surface area contributed by atoms with Gasteiger partial charge in [-0.3, -0.25) is 0 Å². The molecule has 9 aromatic rings. The van der Waals surface area contributed by atoms with Gasteiger partial charge in [-0.1, -0.05) is 112 Å². The lowest BCUT2D eigenvalue weighted by Crippen LogP contribution is -2.63. The lowest BCUT2D eigenvalue weighted by Gasteiger charge is -2.49. The molecule has 1 N–H and O–H groups in total. The molecule has 0 aromatic carbocycles. The van der Waals surface area contributed by atoms with Gasteiger partial charge in [-0.05, 0) is 147 Å². The van der Waals surface area contributed by atoms with Gasteiger partial charge in [0.1, 0.15) is 37.1 Å². The summed E-state index contributed by atoms with van der Waals surface area (Å²) in [4.78, 5) is 30.1. The summed E-state index contributed by atoms with van der Waals surface area (Å²) in [6, 6.07) is 17.5. The maximum Gasteiger partial charge on any atom is 0.496 e. The van der Waals surface area contributed by atoms with Gasteiger partial charge in [-0.25, -0.2) is 51.2 Å². The van der Waals surface area contributed by atoms with Crippen LogP contribution in [0.25, 0.3) is 74.7 Å². The average molecular weight is 1710 g/mol. The molecule has 0 aliphatic carbocycles. The number of ether oxygens (including phenoxy) is 3. The molecule has 12 rings (SSSR count). The molecular weight excluding hydrogens is 1590 g/mol. The first-order valence-electron chi connectivity index (χ1n) is 39.6. The molecule has 116 heavy (non-hydrogen) atoms. The van der Waals surface area contributed by atoms with E-state index in [1.165, 1.54) is 21.0 Å². The molecule has 3 aliphatic rings. The van der Waals surface area contributed by atoms with Crippen molar-refractivity contribution >= 4 is 127 Å². The monoisotopic (exact) mass is 1700 g/mol. The lowest BCUT2D eigenvalue weighted by atomic mass is 9.81. The number of pyridine rings is 3. The van der Waals surface area contributed by atoms with Gasteiger partial charge in [0.2, 0.25) is 37.1 Å². The maximum absolute atomic E-state index is 12.3. The van der Waals surface area contributed by atoms with Gasteiger partial charge in [0, 0.05) is 159 Å². The summed E-state index contributed by atoms with van der Waals surface area (Å²) in [6.45, 7) is 80.6. The van der Waals surface area contributed by atoms with Gasteiger partial charge in [0.05, 0.1) is 72.0 Å². The molecule has 0 saturated carbocycles. The molecule has 25 nitrogen and oxygen atoms in total. The molecule has 0 atom stereocenters. The van der Waals surface area contributed by atoms with E-state index in [0.717, 1.165) is 97.7 Å². The molecule has 3 saturated heterocycles. The summed E-state index contributed by atoms with van der Waals surface area (Å²) in [6.07, 6.45) is 24.3. The van der Waals surface area contributed by atoms with E-state index in [1.807, 2.05) is 92.0 Å². The number of hydrogen-bond donors (Lipinski definition) is 1. The summed E-state index contributed by atoms with van der Waals surface area (Å²) >= 11 is 6.17. The number of halogens is 1. The summed E-state index contributed by atoms with van der Waals surface area (Å²) in [5.41, 5.74) is 10.2. The first-order chi connectivity index (χ1) is 54.4. The average Bonchev–Trinajstić information content (AvgIpc) is 1.47. The van der Waals surface area contributed by atoms with Crippen LogP contribution in [0.15, 0.2) is 123 Å². The Morgan fingerprint density at radius 3 is 1.44 bits per heavy atom. The summed E-state index contributed by atoms with van der Waals surface area (Å²) in [5, 5.41) is 12.6. The van der Waals surface area contributed by atoms with E-state index in [9.17, 15) is 22.1 Å². The first-order valence-corrected chi connectivity index (χ1v) is 56.5. The molecule has 33 heteroatoms. The zero-order valence-electron chi connectivity index (χ0n) is 71.7. The predicted molar refractivity (Wildman–Crippen MR) is 480 cm³/mol. The van der Waals surface area contributed by atoms with Crippen molar-refractivity contribution in [3.8, 4) is 28.3 Å². The van der Waals surface area contributed by atoms with Crippen molar-refractivity contribution in [2.75, 3.05) is 57.5 Å². The van der Waals surface area contributed by atoms with Crippen molar-refractivity contribution in [1.82, 2.24) is 51.0 Å². The van der Waals surface area contributed by atoms with Gasteiger partial charge in [0.25, 0.3) is 0 Å². The normalized spacial score (nSPS) is 15.6. The number of sulfonamides is 2. The third-order valence-electron chi connectivity index (χ3n) is 22.0. The number of nitriles is 1. The number of nitrogens with zero attached hydrogens (tertiary/aromatic N) is 15. The van der Waals surface area contributed by atoms with E-state index in [0.29, 0.717) is 78.6 Å². The van der Waals surface area contributed by atoms with Crippen LogP contribution in [0, 0.1) is 37.6 Å². The number of aromatic nitrogens is 9. The second-order valence-electron chi connectivity index (χ2n) is 35.5. The molecule has 3 aliphatic heterocycles. The van der Waals surface area contributed by atoms with Crippen molar-refractivity contribution in [2.24, 2.45) is 0 Å². The van der Waals surface area contributed by atoms with Crippen LogP contribution in [0.4, 0.5) is 17.1 Å². The fraction of sp³-hybridized carbons (Fsp3) is 0.518. The number of nitrogens with one attached hydrogen (secondary N) is 1. The van der Waals surface area contributed by atoms with Gasteiger partial charge in [-0.2, -0.15) is 13.9 Å². The Bertz CT molecular complexity index is 5310. The van der Waals surface area contributed by atoms with E-state index >= 15 is 0 Å². The van der Waals surface area contributed by atoms with Gasteiger partial charge >= 0.3 is 7.12 Å². The van der Waals surface area contributed by atoms with Gasteiger partial charge in [0.15, 0.2) is 14.4 Å². The molecule has 0 radical (unpaired) electrons. The van der Waals surface area contributed by atoms with Gasteiger partial charge < -0.3 is 51.0 Å². The highest BCUT2D eigenvalue weighted by Gasteiger charge is 2.53. The molecule has 622 valence electrons. The van der Waals surface area contributed by atoms with Crippen LogP contribution in [0.2, 0.25) is 98.7 Å². The number of aromatic amines is 1. The molecule has 9 aromatic heterocycles. The van der Waals surface area contributed by atoms with Crippen molar-refractivity contribution in [3.63, 3.8) is 0 Å². The third kappa shape index (κ3) is 22.3. The Morgan fingerprint density at radius 1 is 0.603 bits per heavy atom. The van der Waals surface area contributed by atoms with E-state index in [-0.39, 0.29) is 49.3 Å². The summed E-state index contributed by atoms with van der Waals surface area (Å²) in [7, 11) is -11.6. The van der Waals surface area contributed by atoms with Crippen LogP contribution in [-0.2, 0) is 69.3 Å². The van der Waals surface area contributed by atoms with E-state index in [4.69, 9.17) is 61.4 Å². The number of hydrogen-bond acceptors (Lipinski definition) is 13. The smallest absolute Gasteiger partial charge is 0.399 e. The Morgan fingerprint density at radius 2 is 1.03 bits per heavy atom. The van der Waals surface area contributed by atoms with Crippen molar-refractivity contribution in [2.45, 2.75) is 220 Å². The van der Waals surface area contributed by atoms with Crippen LogP contribution in [-0.4, -0.2) is 176 Å². The van der Waals surface area contributed by atoms with Crippen molar-refractivity contribution < 1.29 is 40.4 Å². The molecule has 0 unspecified atom stereocenters. The highest BCUT2D eigenvalue weighted by molar-refractivity contribution is 7.89. The molecule has 3 fully saturated rings. The van der Waals surface area contributed by atoms with E-state index < -0.39 is 58.0 Å². The second-order valence-corrected chi connectivity index (χ2v) is 63.0. The largest absolute Gasteiger partial charge is 0.496 e. The van der Waals surface area contributed by atoms with E-state index in [2.05, 4.69) is 196 Å². The van der Waals surface area contributed by atoms with Crippen LogP contribution < -0.4 is 5.46 Å². The lowest BCUT2D eigenvalue weighted by molar-refractivity contribution is 0.00578. The van der Waals surface area contributed by atoms with Crippen LogP contribution in [0.1, 0.15) is 89.5 Å². The number of fused-ring (bicyclic) bond motifs is 3. The Kier molecular flexibility index (Phi) is 31.2. The zero-order chi connectivity index (χ0) is 85.7. The number of H-pyrrole nitrogens is 1. The van der Waals surface area contributed by atoms with Crippen LogP contribution in [0.3, 0.4) is 0 Å². The van der Waals surface area contributed by atoms with Crippen molar-refractivity contribution in [3.05, 3.63) is 173 Å². The SMILES string of the molecule is CC(C)[Si](C(C)C)(C(C)C)n1ccc(B2OC(C)(C)C(C)(C)O2)c1.[C-]#[N+]C=C1CN(S(=O)(=O)CC)C1.[C-]#[N+]c1cnc2c(ccn2COCC[Si](C)(C)C)c1-c1cc[nH]c1.[C-]#[N+]c1cnc2c(ccn2COCC[Si](C)(C)C)c1-c1ccn(C2(CC#N)CN(S(=O)(=O)CC)C2)c1.[C-]#[N+]c1cnc2c(ccn2COCC[Si](C)(C)C)c1Cl. The number of rotatable bonds is 28. The second kappa shape index (κ2) is 38.8.